The van der Waals surface area contributed by atoms with Crippen molar-refractivity contribution in [1.82, 2.24) is 14.8 Å². The van der Waals surface area contributed by atoms with Gasteiger partial charge in [-0.2, -0.15) is 0 Å². The number of pyridine rings is 1. The molecule has 0 unspecified atom stereocenters. The minimum absolute atomic E-state index is 0.0423. The molecule has 2 heterocycles. The van der Waals surface area contributed by atoms with E-state index in [1.54, 1.807) is 30.3 Å². The van der Waals surface area contributed by atoms with Gasteiger partial charge in [-0.25, -0.2) is 9.37 Å². The summed E-state index contributed by atoms with van der Waals surface area (Å²) in [6.07, 6.45) is 1.77. The van der Waals surface area contributed by atoms with Gasteiger partial charge in [-0.3, -0.25) is 9.69 Å². The Balaban J connectivity index is 1.51. The molecule has 138 valence electrons. The summed E-state index contributed by atoms with van der Waals surface area (Å²) in [6, 6.07) is 10.4. The van der Waals surface area contributed by atoms with Crippen LogP contribution in [0.5, 0.6) is 0 Å². The highest BCUT2D eigenvalue weighted by Crippen LogP contribution is 2.20. The number of hydrogen-bond acceptors (Lipinski definition) is 4. The Morgan fingerprint density at radius 2 is 1.96 bits per heavy atom. The second-order valence-electron chi connectivity index (χ2n) is 6.43. The quantitative estimate of drug-likeness (QED) is 0.804. The van der Waals surface area contributed by atoms with Crippen LogP contribution in [0.15, 0.2) is 42.6 Å². The average Bonchev–Trinajstić information content (AvgIpc) is 2.66. The standard InChI is InChI=1S/C19H22ClFN4O/c1-23(13-15-16(20)5-4-6-17(15)21)14-19(26)25-11-9-24(10-12-25)18-7-2-3-8-22-18/h2-8H,9-14H2,1H3. The van der Waals surface area contributed by atoms with Gasteiger partial charge in [0.1, 0.15) is 11.6 Å². The third kappa shape index (κ3) is 4.51. The molecular weight excluding hydrogens is 355 g/mol. The van der Waals surface area contributed by atoms with E-state index < -0.39 is 0 Å². The van der Waals surface area contributed by atoms with Crippen LogP contribution in [-0.2, 0) is 11.3 Å². The van der Waals surface area contributed by atoms with E-state index >= 15 is 0 Å². The Labute approximate surface area is 158 Å². The van der Waals surface area contributed by atoms with E-state index in [1.807, 2.05) is 23.1 Å². The van der Waals surface area contributed by atoms with Crippen molar-refractivity contribution in [3.63, 3.8) is 0 Å². The topological polar surface area (TPSA) is 39.7 Å². The van der Waals surface area contributed by atoms with Gasteiger partial charge in [-0.05, 0) is 31.3 Å². The van der Waals surface area contributed by atoms with Crippen molar-refractivity contribution in [3.05, 3.63) is 59.0 Å². The highest BCUT2D eigenvalue weighted by atomic mass is 35.5. The van der Waals surface area contributed by atoms with Crippen molar-refractivity contribution in [1.29, 1.82) is 0 Å². The molecule has 1 saturated heterocycles. The minimum Gasteiger partial charge on any atom is -0.353 e. The number of aromatic nitrogens is 1. The maximum absolute atomic E-state index is 13.9. The highest BCUT2D eigenvalue weighted by molar-refractivity contribution is 6.31. The Bertz CT molecular complexity index is 730. The van der Waals surface area contributed by atoms with E-state index in [4.69, 9.17) is 11.6 Å². The first-order valence-electron chi connectivity index (χ1n) is 8.60. The van der Waals surface area contributed by atoms with Gasteiger partial charge >= 0.3 is 0 Å². The molecule has 0 aliphatic carbocycles. The molecular formula is C19H22ClFN4O. The predicted molar refractivity (Wildman–Crippen MR) is 101 cm³/mol. The van der Waals surface area contributed by atoms with Gasteiger partial charge in [0, 0.05) is 49.5 Å². The third-order valence-corrected chi connectivity index (χ3v) is 4.85. The van der Waals surface area contributed by atoms with Crippen LogP contribution >= 0.6 is 11.6 Å². The van der Waals surface area contributed by atoms with Gasteiger partial charge in [0.15, 0.2) is 0 Å². The van der Waals surface area contributed by atoms with Crippen molar-refractivity contribution in [3.8, 4) is 0 Å². The molecule has 0 radical (unpaired) electrons. The molecule has 0 spiro atoms. The van der Waals surface area contributed by atoms with E-state index in [9.17, 15) is 9.18 Å². The van der Waals surface area contributed by atoms with Crippen molar-refractivity contribution >= 4 is 23.3 Å². The summed E-state index contributed by atoms with van der Waals surface area (Å²) in [6.45, 7) is 3.35. The van der Waals surface area contributed by atoms with Crippen LogP contribution in [0.1, 0.15) is 5.56 Å². The van der Waals surface area contributed by atoms with Gasteiger partial charge in [-0.1, -0.05) is 23.7 Å². The van der Waals surface area contributed by atoms with Crippen LogP contribution < -0.4 is 4.90 Å². The fraction of sp³-hybridized carbons (Fsp3) is 0.368. The second-order valence-corrected chi connectivity index (χ2v) is 6.84. The fourth-order valence-corrected chi connectivity index (χ4v) is 3.29. The lowest BCUT2D eigenvalue weighted by molar-refractivity contribution is -0.132. The third-order valence-electron chi connectivity index (χ3n) is 4.50. The monoisotopic (exact) mass is 376 g/mol. The molecule has 0 saturated carbocycles. The maximum atomic E-state index is 13.9. The van der Waals surface area contributed by atoms with Crippen LogP contribution in [0.25, 0.3) is 0 Å². The van der Waals surface area contributed by atoms with Crippen LogP contribution in [0, 0.1) is 5.82 Å². The summed E-state index contributed by atoms with van der Waals surface area (Å²) in [4.78, 5) is 22.7. The normalized spacial score (nSPS) is 14.8. The Morgan fingerprint density at radius 1 is 1.19 bits per heavy atom. The van der Waals surface area contributed by atoms with Gasteiger partial charge in [0.05, 0.1) is 6.54 Å². The molecule has 7 heteroatoms. The minimum atomic E-state index is -0.347. The number of carbonyl (C=O) groups is 1. The molecule has 5 nitrogen and oxygen atoms in total. The first-order chi connectivity index (χ1) is 12.5. The first-order valence-corrected chi connectivity index (χ1v) is 8.97. The van der Waals surface area contributed by atoms with Gasteiger partial charge in [0.2, 0.25) is 5.91 Å². The second kappa shape index (κ2) is 8.47. The number of anilines is 1. The lowest BCUT2D eigenvalue weighted by Crippen LogP contribution is -2.51. The zero-order valence-corrected chi connectivity index (χ0v) is 15.5. The van der Waals surface area contributed by atoms with Crippen LogP contribution in [-0.4, -0.2) is 60.5 Å². The van der Waals surface area contributed by atoms with E-state index in [-0.39, 0.29) is 18.3 Å². The zero-order valence-electron chi connectivity index (χ0n) is 14.7. The molecule has 1 amide bonds. The molecule has 3 rings (SSSR count). The van der Waals surface area contributed by atoms with E-state index in [0.29, 0.717) is 30.2 Å². The summed E-state index contributed by atoms with van der Waals surface area (Å²) in [5.41, 5.74) is 0.421. The number of nitrogens with zero attached hydrogens (tertiary/aromatic N) is 4. The zero-order chi connectivity index (χ0) is 18.5. The Kier molecular flexibility index (Phi) is 6.06. The summed E-state index contributed by atoms with van der Waals surface area (Å²) in [7, 11) is 1.80. The largest absolute Gasteiger partial charge is 0.353 e. The van der Waals surface area contributed by atoms with Crippen LogP contribution in [0.3, 0.4) is 0 Å². The number of likely N-dealkylation sites (N-methyl/N-ethyl adjacent to an activating group) is 1. The molecule has 1 aromatic heterocycles. The van der Waals surface area contributed by atoms with E-state index in [1.165, 1.54) is 6.07 Å². The maximum Gasteiger partial charge on any atom is 0.236 e. The van der Waals surface area contributed by atoms with E-state index in [2.05, 4.69) is 9.88 Å². The molecule has 2 aromatic rings. The summed E-state index contributed by atoms with van der Waals surface area (Å²) in [5, 5.41) is 0.383. The molecule has 0 atom stereocenters. The first kappa shape index (κ1) is 18.6. The summed E-state index contributed by atoms with van der Waals surface area (Å²) >= 11 is 6.06. The number of piperazine rings is 1. The van der Waals surface area contributed by atoms with Crippen molar-refractivity contribution < 1.29 is 9.18 Å². The lowest BCUT2D eigenvalue weighted by atomic mass is 10.2. The van der Waals surface area contributed by atoms with Gasteiger partial charge in [-0.15, -0.1) is 0 Å². The van der Waals surface area contributed by atoms with E-state index in [0.717, 1.165) is 18.9 Å². The lowest BCUT2D eigenvalue weighted by Gasteiger charge is -2.36. The Hall–Kier alpha value is -2.18. The Morgan fingerprint density at radius 3 is 2.62 bits per heavy atom. The SMILES string of the molecule is CN(CC(=O)N1CCN(c2ccccn2)CC1)Cc1c(F)cccc1Cl. The van der Waals surface area contributed by atoms with Crippen molar-refractivity contribution in [2.24, 2.45) is 0 Å². The van der Waals surface area contributed by atoms with Crippen LogP contribution in [0.4, 0.5) is 10.2 Å². The molecule has 1 aliphatic heterocycles. The fourth-order valence-electron chi connectivity index (χ4n) is 3.07. The molecule has 0 bridgehead atoms. The average molecular weight is 377 g/mol. The molecule has 0 N–H and O–H groups in total. The molecule has 26 heavy (non-hydrogen) atoms. The molecule has 1 fully saturated rings. The number of halogens is 2. The number of carbonyl (C=O) groups excluding carboxylic acids is 1. The number of hydrogen-bond donors (Lipinski definition) is 0. The number of amides is 1. The van der Waals surface area contributed by atoms with Crippen LogP contribution in [0.2, 0.25) is 5.02 Å². The van der Waals surface area contributed by atoms with Crippen molar-refractivity contribution in [2.75, 3.05) is 44.7 Å². The molecule has 1 aromatic carbocycles. The van der Waals surface area contributed by atoms with Gasteiger partial charge in [0.25, 0.3) is 0 Å². The smallest absolute Gasteiger partial charge is 0.236 e. The number of rotatable bonds is 5. The van der Waals surface area contributed by atoms with Gasteiger partial charge < -0.3 is 9.80 Å². The summed E-state index contributed by atoms with van der Waals surface area (Å²) < 4.78 is 13.9. The molecule has 1 aliphatic rings. The number of benzene rings is 1. The summed E-state index contributed by atoms with van der Waals surface area (Å²) in [5.74, 6) is 0.632. The van der Waals surface area contributed by atoms with Crippen molar-refractivity contribution in [2.45, 2.75) is 6.54 Å². The predicted octanol–water partition coefficient (Wildman–Crippen LogP) is 2.65. The highest BCUT2D eigenvalue weighted by Gasteiger charge is 2.23.